The van der Waals surface area contributed by atoms with Gasteiger partial charge in [0, 0.05) is 12.1 Å². The summed E-state index contributed by atoms with van der Waals surface area (Å²) < 4.78 is 5.22. The van der Waals surface area contributed by atoms with Gasteiger partial charge in [0.15, 0.2) is 0 Å². The van der Waals surface area contributed by atoms with Crippen LogP contribution in [0.3, 0.4) is 0 Å². The fourth-order valence-corrected chi connectivity index (χ4v) is 3.03. The standard InChI is InChI=1S/C19H22N2O3/c1-13-7-8-15(11-14(13)2)19(23)21-9-3-6-17(21)18(22)20-12-16-5-4-10-24-16/h4-5,7-8,10-11,17H,3,6,9,12H2,1-2H3,(H,20,22)/t17-/m1/s1. The molecule has 1 aromatic heterocycles. The zero-order valence-corrected chi connectivity index (χ0v) is 14.0. The molecule has 0 aliphatic carbocycles. The molecule has 5 heteroatoms. The molecule has 0 saturated carbocycles. The first-order chi connectivity index (χ1) is 11.6. The van der Waals surface area contributed by atoms with Crippen molar-refractivity contribution in [1.29, 1.82) is 0 Å². The number of carbonyl (C=O) groups excluding carboxylic acids is 2. The first kappa shape index (κ1) is 16.3. The van der Waals surface area contributed by atoms with Crippen LogP contribution in [0.1, 0.15) is 40.1 Å². The van der Waals surface area contributed by atoms with Gasteiger partial charge >= 0.3 is 0 Å². The van der Waals surface area contributed by atoms with Crippen molar-refractivity contribution in [3.63, 3.8) is 0 Å². The number of nitrogens with zero attached hydrogens (tertiary/aromatic N) is 1. The van der Waals surface area contributed by atoms with Crippen LogP contribution in [-0.4, -0.2) is 29.3 Å². The third kappa shape index (κ3) is 3.35. The van der Waals surface area contributed by atoms with Crippen LogP contribution in [0.25, 0.3) is 0 Å². The van der Waals surface area contributed by atoms with Gasteiger partial charge in [-0.15, -0.1) is 0 Å². The number of amides is 2. The highest BCUT2D eigenvalue weighted by Gasteiger charge is 2.34. The maximum atomic E-state index is 12.8. The van der Waals surface area contributed by atoms with Crippen LogP contribution in [0.2, 0.25) is 0 Å². The molecular formula is C19H22N2O3. The maximum Gasteiger partial charge on any atom is 0.254 e. The summed E-state index contributed by atoms with van der Waals surface area (Å²) in [6.07, 6.45) is 3.11. The highest BCUT2D eigenvalue weighted by molar-refractivity contribution is 5.98. The summed E-state index contributed by atoms with van der Waals surface area (Å²) in [6, 6.07) is 8.87. The van der Waals surface area contributed by atoms with E-state index in [1.165, 1.54) is 0 Å². The second-order valence-corrected chi connectivity index (χ2v) is 6.25. The molecule has 5 nitrogen and oxygen atoms in total. The van der Waals surface area contributed by atoms with E-state index >= 15 is 0 Å². The predicted molar refractivity (Wildman–Crippen MR) is 90.5 cm³/mol. The Kier molecular flexibility index (Phi) is 4.69. The van der Waals surface area contributed by atoms with E-state index in [0.29, 0.717) is 30.8 Å². The number of carbonyl (C=O) groups is 2. The number of aryl methyl sites for hydroxylation is 2. The minimum atomic E-state index is -0.408. The number of nitrogens with one attached hydrogen (secondary N) is 1. The van der Waals surface area contributed by atoms with Crippen molar-refractivity contribution in [2.75, 3.05) is 6.54 Å². The Morgan fingerprint density at radius 1 is 1.25 bits per heavy atom. The van der Waals surface area contributed by atoms with Crippen molar-refractivity contribution in [1.82, 2.24) is 10.2 Å². The number of rotatable bonds is 4. The van der Waals surface area contributed by atoms with Gasteiger partial charge in [0.2, 0.25) is 5.91 Å². The first-order valence-electron chi connectivity index (χ1n) is 8.24. The molecule has 1 aromatic carbocycles. The van der Waals surface area contributed by atoms with E-state index in [1.807, 2.05) is 38.1 Å². The van der Waals surface area contributed by atoms with Gasteiger partial charge < -0.3 is 14.6 Å². The Balaban J connectivity index is 1.68. The molecule has 1 saturated heterocycles. The Morgan fingerprint density at radius 3 is 2.79 bits per heavy atom. The number of hydrogen-bond donors (Lipinski definition) is 1. The molecule has 1 fully saturated rings. The van der Waals surface area contributed by atoms with Crippen molar-refractivity contribution < 1.29 is 14.0 Å². The normalized spacial score (nSPS) is 17.1. The highest BCUT2D eigenvalue weighted by Crippen LogP contribution is 2.21. The summed E-state index contributed by atoms with van der Waals surface area (Å²) in [5.41, 5.74) is 2.88. The van der Waals surface area contributed by atoms with E-state index in [0.717, 1.165) is 17.5 Å². The van der Waals surface area contributed by atoms with Crippen molar-refractivity contribution in [3.8, 4) is 0 Å². The van der Waals surface area contributed by atoms with Crippen LogP contribution in [0, 0.1) is 13.8 Å². The molecule has 0 bridgehead atoms. The van der Waals surface area contributed by atoms with Crippen molar-refractivity contribution in [2.24, 2.45) is 0 Å². The van der Waals surface area contributed by atoms with Gasteiger partial charge in [-0.3, -0.25) is 9.59 Å². The van der Waals surface area contributed by atoms with E-state index in [9.17, 15) is 9.59 Å². The zero-order chi connectivity index (χ0) is 17.1. The molecule has 24 heavy (non-hydrogen) atoms. The Hall–Kier alpha value is -2.56. The molecular weight excluding hydrogens is 304 g/mol. The molecule has 0 unspecified atom stereocenters. The van der Waals surface area contributed by atoms with Gasteiger partial charge in [0.1, 0.15) is 11.8 Å². The predicted octanol–water partition coefficient (Wildman–Crippen LogP) is 2.82. The van der Waals surface area contributed by atoms with Gasteiger partial charge in [-0.05, 0) is 62.1 Å². The molecule has 1 atom stereocenters. The summed E-state index contributed by atoms with van der Waals surface area (Å²) in [7, 11) is 0. The van der Waals surface area contributed by atoms with Crippen molar-refractivity contribution in [2.45, 2.75) is 39.3 Å². The van der Waals surface area contributed by atoms with E-state index < -0.39 is 6.04 Å². The van der Waals surface area contributed by atoms with Crippen molar-refractivity contribution >= 4 is 11.8 Å². The van der Waals surface area contributed by atoms with E-state index in [2.05, 4.69) is 5.32 Å². The average molecular weight is 326 g/mol. The zero-order valence-electron chi connectivity index (χ0n) is 14.0. The third-order valence-corrected chi connectivity index (χ3v) is 4.59. The second kappa shape index (κ2) is 6.91. The molecule has 126 valence electrons. The fourth-order valence-electron chi connectivity index (χ4n) is 3.03. The number of hydrogen-bond acceptors (Lipinski definition) is 3. The molecule has 0 spiro atoms. The van der Waals surface area contributed by atoms with Gasteiger partial charge in [0.05, 0.1) is 12.8 Å². The van der Waals surface area contributed by atoms with E-state index in [1.54, 1.807) is 17.2 Å². The third-order valence-electron chi connectivity index (χ3n) is 4.59. The smallest absolute Gasteiger partial charge is 0.254 e. The lowest BCUT2D eigenvalue weighted by Crippen LogP contribution is -2.45. The quantitative estimate of drug-likeness (QED) is 0.940. The second-order valence-electron chi connectivity index (χ2n) is 6.25. The van der Waals surface area contributed by atoms with E-state index in [4.69, 9.17) is 4.42 Å². The summed E-state index contributed by atoms with van der Waals surface area (Å²) in [5.74, 6) is 0.503. The molecule has 2 amide bonds. The molecule has 0 radical (unpaired) electrons. The van der Waals surface area contributed by atoms with Gasteiger partial charge in [0.25, 0.3) is 5.91 Å². The number of likely N-dealkylation sites (tertiary alicyclic amines) is 1. The van der Waals surface area contributed by atoms with Gasteiger partial charge in [-0.25, -0.2) is 0 Å². The van der Waals surface area contributed by atoms with Gasteiger partial charge in [-0.2, -0.15) is 0 Å². The van der Waals surface area contributed by atoms with Crippen LogP contribution < -0.4 is 5.32 Å². The fraction of sp³-hybridized carbons (Fsp3) is 0.368. The Morgan fingerprint density at radius 2 is 2.08 bits per heavy atom. The molecule has 1 aliphatic heterocycles. The van der Waals surface area contributed by atoms with Crippen molar-refractivity contribution in [3.05, 3.63) is 59.0 Å². The van der Waals surface area contributed by atoms with Gasteiger partial charge in [-0.1, -0.05) is 6.07 Å². The lowest BCUT2D eigenvalue weighted by molar-refractivity contribution is -0.125. The average Bonchev–Trinajstić information content (AvgIpc) is 3.26. The molecule has 2 aromatic rings. The Bertz CT molecular complexity index is 737. The molecule has 3 rings (SSSR count). The summed E-state index contributed by atoms with van der Waals surface area (Å²) in [6.45, 7) is 4.96. The lowest BCUT2D eigenvalue weighted by atomic mass is 10.1. The summed E-state index contributed by atoms with van der Waals surface area (Å²) >= 11 is 0. The number of benzene rings is 1. The minimum absolute atomic E-state index is 0.0752. The molecule has 2 heterocycles. The molecule has 1 N–H and O–H groups in total. The monoisotopic (exact) mass is 326 g/mol. The SMILES string of the molecule is Cc1ccc(C(=O)N2CCC[C@@H]2C(=O)NCc2ccco2)cc1C. The number of furan rings is 1. The topological polar surface area (TPSA) is 62.6 Å². The summed E-state index contributed by atoms with van der Waals surface area (Å²) in [5, 5.41) is 2.86. The summed E-state index contributed by atoms with van der Waals surface area (Å²) in [4.78, 5) is 26.9. The van der Waals surface area contributed by atoms with E-state index in [-0.39, 0.29) is 11.8 Å². The minimum Gasteiger partial charge on any atom is -0.467 e. The lowest BCUT2D eigenvalue weighted by Gasteiger charge is -2.24. The van der Waals surface area contributed by atoms with Crippen LogP contribution >= 0.6 is 0 Å². The van der Waals surface area contributed by atoms with Crippen LogP contribution in [0.5, 0.6) is 0 Å². The van der Waals surface area contributed by atoms with Crippen LogP contribution in [0.4, 0.5) is 0 Å². The largest absolute Gasteiger partial charge is 0.467 e. The maximum absolute atomic E-state index is 12.8. The van der Waals surface area contributed by atoms with Crippen LogP contribution in [-0.2, 0) is 11.3 Å². The Labute approximate surface area is 141 Å². The van der Waals surface area contributed by atoms with Crippen LogP contribution in [0.15, 0.2) is 41.0 Å². The molecule has 1 aliphatic rings. The first-order valence-corrected chi connectivity index (χ1v) is 8.24. The highest BCUT2D eigenvalue weighted by atomic mass is 16.3.